The van der Waals surface area contributed by atoms with Crippen LogP contribution in [-0.4, -0.2) is 15.9 Å². The zero-order chi connectivity index (χ0) is 15.3. The summed E-state index contributed by atoms with van der Waals surface area (Å²) < 4.78 is 25.1. The summed E-state index contributed by atoms with van der Waals surface area (Å²) in [6.07, 6.45) is 6.76. The highest BCUT2D eigenvalue weighted by molar-refractivity contribution is 7.51. The Morgan fingerprint density at radius 1 is 1.19 bits per heavy atom. The summed E-state index contributed by atoms with van der Waals surface area (Å²) in [4.78, 5) is 18.0. The Morgan fingerprint density at radius 2 is 1.86 bits per heavy atom. The van der Waals surface area contributed by atoms with Crippen LogP contribution in [0.4, 0.5) is 4.39 Å². The van der Waals surface area contributed by atoms with E-state index < -0.39 is 7.60 Å². The molecule has 118 valence electrons. The Labute approximate surface area is 125 Å². The third-order valence-electron chi connectivity index (χ3n) is 4.49. The maximum atomic E-state index is 14.1. The van der Waals surface area contributed by atoms with Crippen molar-refractivity contribution in [1.82, 2.24) is 0 Å². The van der Waals surface area contributed by atoms with Crippen LogP contribution >= 0.6 is 7.60 Å². The third kappa shape index (κ3) is 5.21. The Kier molecular flexibility index (Phi) is 5.98. The van der Waals surface area contributed by atoms with Crippen LogP contribution < -0.4 is 0 Å². The predicted octanol–water partition coefficient (Wildman–Crippen LogP) is 4.45. The highest BCUT2D eigenvalue weighted by Gasteiger charge is 2.27. The molecular weight excluding hydrogens is 290 g/mol. The second-order valence-electron chi connectivity index (χ2n) is 6.06. The van der Waals surface area contributed by atoms with E-state index in [0.29, 0.717) is 18.8 Å². The van der Waals surface area contributed by atoms with E-state index in [1.807, 2.05) is 12.1 Å². The van der Waals surface area contributed by atoms with Crippen molar-refractivity contribution in [3.63, 3.8) is 0 Å². The summed E-state index contributed by atoms with van der Waals surface area (Å²) in [5.41, 5.74) is 0.718. The van der Waals surface area contributed by atoms with Gasteiger partial charge in [-0.1, -0.05) is 37.5 Å². The van der Waals surface area contributed by atoms with Crippen LogP contribution in [0, 0.1) is 11.7 Å². The van der Waals surface area contributed by atoms with Gasteiger partial charge in [0, 0.05) is 6.16 Å². The molecule has 1 aliphatic carbocycles. The molecule has 1 fully saturated rings. The normalized spacial score (nSPS) is 18.6. The van der Waals surface area contributed by atoms with E-state index in [1.165, 1.54) is 25.3 Å². The van der Waals surface area contributed by atoms with Crippen molar-refractivity contribution in [1.29, 1.82) is 0 Å². The number of rotatable bonds is 6. The summed E-state index contributed by atoms with van der Waals surface area (Å²) in [7, 11) is -3.96. The smallest absolute Gasteiger partial charge is 0.324 e. The van der Waals surface area contributed by atoms with Gasteiger partial charge in [0.15, 0.2) is 0 Å². The molecule has 1 atom stereocenters. The van der Waals surface area contributed by atoms with Crippen molar-refractivity contribution in [2.24, 2.45) is 5.92 Å². The highest BCUT2D eigenvalue weighted by atomic mass is 31.2. The molecule has 1 aromatic rings. The standard InChI is InChI=1S/C16H24FO3P/c17-16-11-5-4-9-15(16)14(10-6-12-21(18,19)20)13-7-2-1-3-8-13/h4-5,9,11,13-14H,1-3,6-8,10,12H2,(H2,18,19,20). The van der Waals surface area contributed by atoms with Crippen molar-refractivity contribution in [3.8, 4) is 0 Å². The van der Waals surface area contributed by atoms with Gasteiger partial charge in [-0.3, -0.25) is 4.57 Å². The molecule has 1 saturated carbocycles. The van der Waals surface area contributed by atoms with E-state index in [4.69, 9.17) is 9.79 Å². The van der Waals surface area contributed by atoms with E-state index in [1.54, 1.807) is 6.07 Å². The lowest BCUT2D eigenvalue weighted by molar-refractivity contribution is 0.286. The van der Waals surface area contributed by atoms with E-state index in [0.717, 1.165) is 18.4 Å². The lowest BCUT2D eigenvalue weighted by atomic mass is 9.75. The molecule has 1 aliphatic rings. The molecule has 3 nitrogen and oxygen atoms in total. The second kappa shape index (κ2) is 7.53. The maximum Gasteiger partial charge on any atom is 0.325 e. The fraction of sp³-hybridized carbons (Fsp3) is 0.625. The zero-order valence-electron chi connectivity index (χ0n) is 12.2. The number of hydrogen-bond donors (Lipinski definition) is 2. The van der Waals surface area contributed by atoms with Gasteiger partial charge in [0.2, 0.25) is 0 Å². The minimum atomic E-state index is -3.96. The first-order valence-electron chi connectivity index (χ1n) is 7.76. The molecule has 2 rings (SSSR count). The van der Waals surface area contributed by atoms with Gasteiger partial charge >= 0.3 is 7.60 Å². The molecule has 0 spiro atoms. The molecule has 0 aliphatic heterocycles. The van der Waals surface area contributed by atoms with Crippen molar-refractivity contribution in [3.05, 3.63) is 35.6 Å². The minimum absolute atomic E-state index is 0.0815. The fourth-order valence-corrected chi connectivity index (χ4v) is 4.07. The quantitative estimate of drug-likeness (QED) is 0.763. The first kappa shape index (κ1) is 16.7. The fourth-order valence-electron chi connectivity index (χ4n) is 3.47. The van der Waals surface area contributed by atoms with Crippen LogP contribution in [-0.2, 0) is 4.57 Å². The molecule has 1 unspecified atom stereocenters. The second-order valence-corrected chi connectivity index (χ2v) is 7.83. The average molecular weight is 314 g/mol. The van der Waals surface area contributed by atoms with E-state index in [-0.39, 0.29) is 17.9 Å². The molecule has 0 heterocycles. The molecule has 2 N–H and O–H groups in total. The van der Waals surface area contributed by atoms with Gasteiger partial charge in [-0.05, 0) is 49.1 Å². The molecule has 0 aromatic heterocycles. The summed E-state index contributed by atoms with van der Waals surface area (Å²) in [6.45, 7) is 0. The van der Waals surface area contributed by atoms with Crippen LogP contribution in [0.25, 0.3) is 0 Å². The third-order valence-corrected chi connectivity index (χ3v) is 5.39. The first-order chi connectivity index (χ1) is 9.97. The first-order valence-corrected chi connectivity index (χ1v) is 9.56. The van der Waals surface area contributed by atoms with Crippen molar-refractivity contribution in [2.45, 2.75) is 50.9 Å². The predicted molar refractivity (Wildman–Crippen MR) is 81.9 cm³/mol. The van der Waals surface area contributed by atoms with Gasteiger partial charge in [-0.25, -0.2) is 4.39 Å². The minimum Gasteiger partial charge on any atom is -0.324 e. The number of halogens is 1. The van der Waals surface area contributed by atoms with Crippen molar-refractivity contribution >= 4 is 7.60 Å². The molecule has 21 heavy (non-hydrogen) atoms. The molecule has 0 radical (unpaired) electrons. The summed E-state index contributed by atoms with van der Waals surface area (Å²) in [6, 6.07) is 6.84. The Bertz CT molecular complexity index is 494. The highest BCUT2D eigenvalue weighted by Crippen LogP contribution is 2.42. The van der Waals surface area contributed by atoms with Crippen molar-refractivity contribution in [2.75, 3.05) is 6.16 Å². The molecular formula is C16H24FO3P. The Morgan fingerprint density at radius 3 is 2.48 bits per heavy atom. The van der Waals surface area contributed by atoms with Crippen LogP contribution in [0.5, 0.6) is 0 Å². The summed E-state index contributed by atoms with van der Waals surface area (Å²) in [5.74, 6) is 0.328. The maximum absolute atomic E-state index is 14.1. The van der Waals surface area contributed by atoms with E-state index >= 15 is 0 Å². The molecule has 0 saturated heterocycles. The van der Waals surface area contributed by atoms with Crippen LogP contribution in [0.1, 0.15) is 56.4 Å². The van der Waals surface area contributed by atoms with Gasteiger partial charge < -0.3 is 9.79 Å². The lowest BCUT2D eigenvalue weighted by Gasteiger charge is -2.31. The lowest BCUT2D eigenvalue weighted by Crippen LogP contribution is -2.18. The number of benzene rings is 1. The summed E-state index contributed by atoms with van der Waals surface area (Å²) in [5, 5.41) is 0. The Hall–Kier alpha value is -0.700. The van der Waals surface area contributed by atoms with Crippen LogP contribution in [0.3, 0.4) is 0 Å². The van der Waals surface area contributed by atoms with Gasteiger partial charge in [-0.15, -0.1) is 0 Å². The van der Waals surface area contributed by atoms with Crippen molar-refractivity contribution < 1.29 is 18.7 Å². The van der Waals surface area contributed by atoms with Gasteiger partial charge in [0.25, 0.3) is 0 Å². The van der Waals surface area contributed by atoms with E-state index in [9.17, 15) is 8.96 Å². The molecule has 0 amide bonds. The topological polar surface area (TPSA) is 57.5 Å². The monoisotopic (exact) mass is 314 g/mol. The average Bonchev–Trinajstić information content (AvgIpc) is 2.45. The van der Waals surface area contributed by atoms with Gasteiger partial charge in [0.05, 0.1) is 0 Å². The van der Waals surface area contributed by atoms with Crippen LogP contribution in [0.15, 0.2) is 24.3 Å². The molecule has 5 heteroatoms. The molecule has 0 bridgehead atoms. The largest absolute Gasteiger partial charge is 0.325 e. The SMILES string of the molecule is O=P(O)(O)CCCC(c1ccccc1F)C1CCCCC1. The zero-order valence-corrected chi connectivity index (χ0v) is 13.1. The van der Waals surface area contributed by atoms with E-state index in [2.05, 4.69) is 0 Å². The number of hydrogen-bond acceptors (Lipinski definition) is 1. The van der Waals surface area contributed by atoms with Gasteiger partial charge in [-0.2, -0.15) is 0 Å². The Balaban J connectivity index is 2.10. The summed E-state index contributed by atoms with van der Waals surface area (Å²) >= 11 is 0. The van der Waals surface area contributed by atoms with Gasteiger partial charge in [0.1, 0.15) is 5.82 Å². The van der Waals surface area contributed by atoms with Crippen LogP contribution in [0.2, 0.25) is 0 Å². The molecule has 1 aromatic carbocycles.